The normalized spacial score (nSPS) is 12.7. The molecule has 0 heterocycles. The van der Waals surface area contributed by atoms with Gasteiger partial charge in [0, 0.05) is 12.6 Å². The van der Waals surface area contributed by atoms with Crippen LogP contribution in [0.4, 0.5) is 0 Å². The fraction of sp³-hybridized carbons (Fsp3) is 0.588. The molecule has 0 saturated carbocycles. The number of benzene rings is 1. The summed E-state index contributed by atoms with van der Waals surface area (Å²) in [6.07, 6.45) is 0. The molecular weight excluding hydrogens is 262 g/mol. The van der Waals surface area contributed by atoms with Gasteiger partial charge in [-0.05, 0) is 18.7 Å². The van der Waals surface area contributed by atoms with Crippen molar-refractivity contribution in [3.8, 4) is 0 Å². The summed E-state index contributed by atoms with van der Waals surface area (Å²) in [5.41, 5.74) is 1.25. The van der Waals surface area contributed by atoms with Crippen LogP contribution in [0.2, 0.25) is 0 Å². The lowest BCUT2D eigenvalue weighted by molar-refractivity contribution is -0.120. The summed E-state index contributed by atoms with van der Waals surface area (Å²) >= 11 is 0. The van der Waals surface area contributed by atoms with Crippen LogP contribution in [0.25, 0.3) is 0 Å². The minimum Gasteiger partial charge on any atom is -0.353 e. The fourth-order valence-electron chi connectivity index (χ4n) is 2.37. The summed E-state index contributed by atoms with van der Waals surface area (Å²) in [5.74, 6) is 0.0526. The number of carbonyl (C=O) groups is 1. The van der Waals surface area contributed by atoms with E-state index in [1.807, 2.05) is 32.0 Å². The number of hydrogen-bond acceptors (Lipinski definition) is 3. The Morgan fingerprint density at radius 3 is 2.29 bits per heavy atom. The van der Waals surface area contributed by atoms with E-state index in [4.69, 9.17) is 0 Å². The average molecular weight is 291 g/mol. The van der Waals surface area contributed by atoms with Crippen LogP contribution in [0.3, 0.4) is 0 Å². The van der Waals surface area contributed by atoms with Gasteiger partial charge in [0.1, 0.15) is 0 Å². The maximum absolute atomic E-state index is 11.9. The lowest BCUT2D eigenvalue weighted by Crippen LogP contribution is -2.42. The lowest BCUT2D eigenvalue weighted by atomic mass is 10.1. The highest BCUT2D eigenvalue weighted by Gasteiger charge is 2.18. The second-order valence-electron chi connectivity index (χ2n) is 5.49. The molecular formula is C17H29N3O. The zero-order chi connectivity index (χ0) is 15.7. The molecule has 0 saturated heterocycles. The van der Waals surface area contributed by atoms with E-state index in [1.165, 1.54) is 5.56 Å². The summed E-state index contributed by atoms with van der Waals surface area (Å²) in [6.45, 7) is 11.3. The molecule has 1 unspecified atom stereocenters. The van der Waals surface area contributed by atoms with Gasteiger partial charge < -0.3 is 10.6 Å². The zero-order valence-corrected chi connectivity index (χ0v) is 13.7. The molecule has 0 bridgehead atoms. The highest BCUT2D eigenvalue weighted by Crippen LogP contribution is 2.19. The Bertz CT molecular complexity index is 402. The Balaban J connectivity index is 2.64. The third-order valence-electron chi connectivity index (χ3n) is 3.60. The molecule has 4 heteroatoms. The monoisotopic (exact) mass is 291 g/mol. The van der Waals surface area contributed by atoms with Crippen molar-refractivity contribution in [2.24, 2.45) is 0 Å². The van der Waals surface area contributed by atoms with Crippen molar-refractivity contribution >= 4 is 5.91 Å². The Kier molecular flexibility index (Phi) is 8.01. The zero-order valence-electron chi connectivity index (χ0n) is 13.7. The molecule has 0 spiro atoms. The minimum absolute atomic E-state index is 0.0526. The molecule has 1 aromatic carbocycles. The number of carbonyl (C=O) groups excluding carboxylic acids is 1. The quantitative estimate of drug-likeness (QED) is 0.733. The van der Waals surface area contributed by atoms with Crippen molar-refractivity contribution < 1.29 is 4.79 Å². The first-order chi connectivity index (χ1) is 10.1. The van der Waals surface area contributed by atoms with Crippen LogP contribution in [-0.4, -0.2) is 43.0 Å². The van der Waals surface area contributed by atoms with Gasteiger partial charge in [0.2, 0.25) is 5.91 Å². The molecule has 1 rings (SSSR count). The molecule has 0 aliphatic carbocycles. The Morgan fingerprint density at radius 2 is 1.76 bits per heavy atom. The van der Waals surface area contributed by atoms with Crippen molar-refractivity contribution in [2.45, 2.75) is 39.8 Å². The number of hydrogen-bond donors (Lipinski definition) is 2. The van der Waals surface area contributed by atoms with Crippen LogP contribution < -0.4 is 10.6 Å². The van der Waals surface area contributed by atoms with Gasteiger partial charge in [-0.1, -0.05) is 58.0 Å². The van der Waals surface area contributed by atoms with Crippen molar-refractivity contribution in [1.82, 2.24) is 15.5 Å². The summed E-state index contributed by atoms with van der Waals surface area (Å²) in [6, 6.07) is 10.9. The SMILES string of the molecule is CCN(CC)C(CNC(=O)CNC(C)C)c1ccccc1. The van der Waals surface area contributed by atoms with Gasteiger partial charge in [-0.2, -0.15) is 0 Å². The van der Waals surface area contributed by atoms with Crippen LogP contribution >= 0.6 is 0 Å². The van der Waals surface area contributed by atoms with Crippen LogP contribution in [-0.2, 0) is 4.79 Å². The predicted molar refractivity (Wildman–Crippen MR) is 88.3 cm³/mol. The molecule has 0 radical (unpaired) electrons. The van der Waals surface area contributed by atoms with Crippen LogP contribution in [0, 0.1) is 0 Å². The topological polar surface area (TPSA) is 44.4 Å². The summed E-state index contributed by atoms with van der Waals surface area (Å²) in [4.78, 5) is 14.3. The van der Waals surface area contributed by atoms with E-state index in [2.05, 4.69) is 41.5 Å². The number of amides is 1. The third-order valence-corrected chi connectivity index (χ3v) is 3.60. The largest absolute Gasteiger partial charge is 0.353 e. The second kappa shape index (κ2) is 9.53. The maximum atomic E-state index is 11.9. The van der Waals surface area contributed by atoms with Gasteiger partial charge in [-0.25, -0.2) is 0 Å². The van der Waals surface area contributed by atoms with Crippen LogP contribution in [0.15, 0.2) is 30.3 Å². The van der Waals surface area contributed by atoms with Gasteiger partial charge >= 0.3 is 0 Å². The van der Waals surface area contributed by atoms with Crippen molar-refractivity contribution in [2.75, 3.05) is 26.2 Å². The molecule has 0 aromatic heterocycles. The standard InChI is InChI=1S/C17H29N3O/c1-5-20(6-2)16(15-10-8-7-9-11-15)12-19-17(21)13-18-14(3)4/h7-11,14,16,18H,5-6,12-13H2,1-4H3,(H,19,21). The van der Waals surface area contributed by atoms with E-state index in [9.17, 15) is 4.79 Å². The molecule has 4 nitrogen and oxygen atoms in total. The molecule has 0 aliphatic heterocycles. The van der Waals surface area contributed by atoms with E-state index in [-0.39, 0.29) is 11.9 Å². The van der Waals surface area contributed by atoms with Gasteiger partial charge in [0.25, 0.3) is 0 Å². The minimum atomic E-state index is 0.0526. The molecule has 21 heavy (non-hydrogen) atoms. The predicted octanol–water partition coefficient (Wildman–Crippen LogP) is 2.18. The number of nitrogens with zero attached hydrogens (tertiary/aromatic N) is 1. The van der Waals surface area contributed by atoms with E-state index in [0.29, 0.717) is 19.1 Å². The summed E-state index contributed by atoms with van der Waals surface area (Å²) in [7, 11) is 0. The first-order valence-corrected chi connectivity index (χ1v) is 7.87. The van der Waals surface area contributed by atoms with E-state index in [1.54, 1.807) is 0 Å². The van der Waals surface area contributed by atoms with E-state index >= 15 is 0 Å². The van der Waals surface area contributed by atoms with Crippen molar-refractivity contribution in [3.05, 3.63) is 35.9 Å². The van der Waals surface area contributed by atoms with Crippen molar-refractivity contribution in [1.29, 1.82) is 0 Å². The smallest absolute Gasteiger partial charge is 0.234 e. The van der Waals surface area contributed by atoms with Crippen LogP contribution in [0.5, 0.6) is 0 Å². The number of likely N-dealkylation sites (N-methyl/N-ethyl adjacent to an activating group) is 1. The fourth-order valence-corrected chi connectivity index (χ4v) is 2.37. The Labute approximate surface area is 128 Å². The lowest BCUT2D eigenvalue weighted by Gasteiger charge is -2.30. The molecule has 118 valence electrons. The first kappa shape index (κ1) is 17.7. The molecule has 1 atom stereocenters. The molecule has 0 aliphatic rings. The van der Waals surface area contributed by atoms with E-state index in [0.717, 1.165) is 13.1 Å². The Hall–Kier alpha value is -1.39. The molecule has 1 aromatic rings. The highest BCUT2D eigenvalue weighted by molar-refractivity contribution is 5.78. The third kappa shape index (κ3) is 6.27. The van der Waals surface area contributed by atoms with Crippen molar-refractivity contribution in [3.63, 3.8) is 0 Å². The summed E-state index contributed by atoms with van der Waals surface area (Å²) < 4.78 is 0. The second-order valence-corrected chi connectivity index (χ2v) is 5.49. The van der Waals surface area contributed by atoms with E-state index < -0.39 is 0 Å². The Morgan fingerprint density at radius 1 is 1.14 bits per heavy atom. The number of rotatable bonds is 9. The molecule has 1 amide bonds. The molecule has 2 N–H and O–H groups in total. The number of nitrogens with one attached hydrogen (secondary N) is 2. The highest BCUT2D eigenvalue weighted by atomic mass is 16.1. The molecule has 0 fully saturated rings. The first-order valence-electron chi connectivity index (χ1n) is 7.87. The summed E-state index contributed by atoms with van der Waals surface area (Å²) in [5, 5.41) is 6.18. The maximum Gasteiger partial charge on any atom is 0.234 e. The van der Waals surface area contributed by atoms with Gasteiger partial charge in [0.15, 0.2) is 0 Å². The van der Waals surface area contributed by atoms with Gasteiger partial charge in [0.05, 0.1) is 12.6 Å². The van der Waals surface area contributed by atoms with Gasteiger partial charge in [-0.3, -0.25) is 9.69 Å². The van der Waals surface area contributed by atoms with Gasteiger partial charge in [-0.15, -0.1) is 0 Å². The van der Waals surface area contributed by atoms with Crippen LogP contribution in [0.1, 0.15) is 39.3 Å². The average Bonchev–Trinajstić information content (AvgIpc) is 2.50.